The molecule has 2 atom stereocenters. The zero-order chi connectivity index (χ0) is 13.4. The number of nitrogens with one attached hydrogen (secondary N) is 2. The third kappa shape index (κ3) is 4.55. The number of hydrogen-bond donors (Lipinski definition) is 2. The molecule has 2 nitrogen and oxygen atoms in total. The molecule has 2 N–H and O–H groups in total. The van der Waals surface area contributed by atoms with Crippen LogP contribution in [0.3, 0.4) is 0 Å². The maximum atomic E-state index is 3.77. The van der Waals surface area contributed by atoms with Crippen molar-refractivity contribution in [1.29, 1.82) is 0 Å². The molecule has 108 valence electrons. The molecule has 0 aromatic carbocycles. The van der Waals surface area contributed by atoms with Crippen LogP contribution >= 0.6 is 0 Å². The highest BCUT2D eigenvalue weighted by molar-refractivity contribution is 4.92. The van der Waals surface area contributed by atoms with Gasteiger partial charge in [0.15, 0.2) is 0 Å². The maximum absolute atomic E-state index is 3.77. The number of hydrogen-bond acceptors (Lipinski definition) is 2. The van der Waals surface area contributed by atoms with Crippen molar-refractivity contribution in [3.8, 4) is 0 Å². The second kappa shape index (κ2) is 8.16. The van der Waals surface area contributed by atoms with Gasteiger partial charge in [-0.15, -0.1) is 0 Å². The fraction of sp³-hybridized carbons (Fsp3) is 1.00. The smallest absolute Gasteiger partial charge is 0.00230 e. The van der Waals surface area contributed by atoms with Gasteiger partial charge in [-0.2, -0.15) is 0 Å². The topological polar surface area (TPSA) is 24.1 Å². The van der Waals surface area contributed by atoms with E-state index in [9.17, 15) is 0 Å². The predicted octanol–water partition coefficient (Wildman–Crippen LogP) is 3.43. The van der Waals surface area contributed by atoms with Crippen LogP contribution in [0.2, 0.25) is 0 Å². The van der Waals surface area contributed by atoms with E-state index in [4.69, 9.17) is 0 Å². The summed E-state index contributed by atoms with van der Waals surface area (Å²) in [6.45, 7) is 14.2. The summed E-state index contributed by atoms with van der Waals surface area (Å²) in [5, 5.41) is 7.31. The van der Waals surface area contributed by atoms with Gasteiger partial charge in [-0.05, 0) is 43.2 Å². The van der Waals surface area contributed by atoms with E-state index >= 15 is 0 Å². The first-order valence-corrected chi connectivity index (χ1v) is 8.06. The molecule has 0 spiro atoms. The molecule has 0 aromatic rings. The molecular weight excluding hydrogens is 220 g/mol. The van der Waals surface area contributed by atoms with Crippen LogP contribution in [0.4, 0.5) is 0 Å². The summed E-state index contributed by atoms with van der Waals surface area (Å²) in [6, 6.07) is 0. The molecule has 18 heavy (non-hydrogen) atoms. The van der Waals surface area contributed by atoms with Crippen LogP contribution in [0.25, 0.3) is 0 Å². The van der Waals surface area contributed by atoms with E-state index in [0.717, 1.165) is 11.8 Å². The molecule has 1 heterocycles. The molecule has 2 unspecified atom stereocenters. The first-order chi connectivity index (χ1) is 8.64. The molecule has 0 saturated carbocycles. The highest BCUT2D eigenvalue weighted by Crippen LogP contribution is 2.33. The third-order valence-corrected chi connectivity index (χ3v) is 4.95. The maximum Gasteiger partial charge on any atom is 0.00230 e. The fourth-order valence-corrected chi connectivity index (χ4v) is 3.08. The Kier molecular flexibility index (Phi) is 7.25. The Bertz CT molecular complexity index is 207. The summed E-state index contributed by atoms with van der Waals surface area (Å²) in [6.07, 6.45) is 6.77. The van der Waals surface area contributed by atoms with E-state index in [2.05, 4.69) is 38.3 Å². The van der Waals surface area contributed by atoms with Crippen LogP contribution in [0, 0.1) is 17.3 Å². The van der Waals surface area contributed by atoms with Crippen LogP contribution in [-0.4, -0.2) is 26.2 Å². The highest BCUT2D eigenvalue weighted by Gasteiger charge is 2.36. The van der Waals surface area contributed by atoms with Gasteiger partial charge < -0.3 is 10.6 Å². The molecule has 0 aliphatic carbocycles. The van der Waals surface area contributed by atoms with Crippen LogP contribution < -0.4 is 10.6 Å². The van der Waals surface area contributed by atoms with Gasteiger partial charge in [0.05, 0.1) is 0 Å². The quantitative estimate of drug-likeness (QED) is 0.659. The summed E-state index contributed by atoms with van der Waals surface area (Å²) >= 11 is 0. The molecule has 1 saturated heterocycles. The van der Waals surface area contributed by atoms with Gasteiger partial charge in [-0.1, -0.05) is 47.0 Å². The van der Waals surface area contributed by atoms with E-state index in [1.807, 2.05) is 0 Å². The lowest BCUT2D eigenvalue weighted by atomic mass is 9.76. The van der Waals surface area contributed by atoms with Gasteiger partial charge in [0.2, 0.25) is 0 Å². The van der Waals surface area contributed by atoms with E-state index < -0.39 is 0 Å². The first-order valence-electron chi connectivity index (χ1n) is 8.06. The molecular formula is C16H34N2. The molecule has 1 rings (SSSR count). The molecule has 0 bridgehead atoms. The van der Waals surface area contributed by atoms with Crippen LogP contribution in [0.1, 0.15) is 59.8 Å². The van der Waals surface area contributed by atoms with Crippen LogP contribution in [-0.2, 0) is 0 Å². The Hall–Kier alpha value is -0.0800. The van der Waals surface area contributed by atoms with Crippen molar-refractivity contribution in [1.82, 2.24) is 10.6 Å². The minimum atomic E-state index is 0.503. The Morgan fingerprint density at radius 1 is 1.28 bits per heavy atom. The van der Waals surface area contributed by atoms with Crippen molar-refractivity contribution in [3.05, 3.63) is 0 Å². The van der Waals surface area contributed by atoms with Gasteiger partial charge in [0.25, 0.3) is 0 Å². The van der Waals surface area contributed by atoms with E-state index in [0.29, 0.717) is 5.41 Å². The lowest BCUT2D eigenvalue weighted by Crippen LogP contribution is -2.41. The third-order valence-electron chi connectivity index (χ3n) is 4.95. The van der Waals surface area contributed by atoms with Gasteiger partial charge in [-0.3, -0.25) is 0 Å². The summed E-state index contributed by atoms with van der Waals surface area (Å²) in [4.78, 5) is 0. The van der Waals surface area contributed by atoms with Crippen LogP contribution in [0.5, 0.6) is 0 Å². The Labute approximate surface area is 114 Å². The average molecular weight is 254 g/mol. The van der Waals surface area contributed by atoms with E-state index in [1.165, 1.54) is 58.3 Å². The fourth-order valence-electron chi connectivity index (χ4n) is 3.08. The van der Waals surface area contributed by atoms with Crippen molar-refractivity contribution in [2.75, 3.05) is 26.2 Å². The lowest BCUT2D eigenvalue weighted by Gasteiger charge is -2.33. The first kappa shape index (κ1) is 16.0. The summed E-state index contributed by atoms with van der Waals surface area (Å²) < 4.78 is 0. The predicted molar refractivity (Wildman–Crippen MR) is 80.9 cm³/mol. The normalized spacial score (nSPS) is 25.8. The SMILES string of the molecule is CCCCC(CC)CNCC1(C(C)C)CCNC1. The van der Waals surface area contributed by atoms with Gasteiger partial charge >= 0.3 is 0 Å². The molecule has 1 aliphatic rings. The van der Waals surface area contributed by atoms with Gasteiger partial charge in [0, 0.05) is 13.1 Å². The standard InChI is InChI=1S/C16H34N2/c1-5-7-8-15(6-2)11-18-13-16(14(3)4)9-10-17-12-16/h14-15,17-18H,5-13H2,1-4H3. The largest absolute Gasteiger partial charge is 0.316 e. The second-order valence-electron chi connectivity index (χ2n) is 6.49. The second-order valence-corrected chi connectivity index (χ2v) is 6.49. The molecule has 2 heteroatoms. The monoisotopic (exact) mass is 254 g/mol. The summed E-state index contributed by atoms with van der Waals surface area (Å²) in [7, 11) is 0. The minimum Gasteiger partial charge on any atom is -0.316 e. The Morgan fingerprint density at radius 3 is 2.56 bits per heavy atom. The van der Waals surface area contributed by atoms with Crippen molar-refractivity contribution in [2.45, 2.75) is 59.8 Å². The molecule has 1 fully saturated rings. The minimum absolute atomic E-state index is 0.503. The molecule has 0 radical (unpaired) electrons. The number of rotatable bonds is 9. The molecule has 1 aliphatic heterocycles. The van der Waals surface area contributed by atoms with E-state index in [-0.39, 0.29) is 0 Å². The van der Waals surface area contributed by atoms with Crippen molar-refractivity contribution >= 4 is 0 Å². The van der Waals surface area contributed by atoms with Crippen molar-refractivity contribution in [2.24, 2.45) is 17.3 Å². The average Bonchev–Trinajstić information content (AvgIpc) is 2.83. The zero-order valence-corrected chi connectivity index (χ0v) is 13.0. The van der Waals surface area contributed by atoms with Crippen molar-refractivity contribution in [3.63, 3.8) is 0 Å². The van der Waals surface area contributed by atoms with Gasteiger partial charge in [0.1, 0.15) is 0 Å². The molecule has 0 aromatic heterocycles. The zero-order valence-electron chi connectivity index (χ0n) is 13.0. The Balaban J connectivity index is 2.29. The van der Waals surface area contributed by atoms with E-state index in [1.54, 1.807) is 0 Å². The lowest BCUT2D eigenvalue weighted by molar-refractivity contribution is 0.203. The van der Waals surface area contributed by atoms with Crippen LogP contribution in [0.15, 0.2) is 0 Å². The Morgan fingerprint density at radius 2 is 2.06 bits per heavy atom. The summed E-state index contributed by atoms with van der Waals surface area (Å²) in [5.74, 6) is 1.65. The number of unbranched alkanes of at least 4 members (excludes halogenated alkanes) is 1. The highest BCUT2D eigenvalue weighted by atomic mass is 15.0. The van der Waals surface area contributed by atoms with Gasteiger partial charge in [-0.25, -0.2) is 0 Å². The van der Waals surface area contributed by atoms with Crippen molar-refractivity contribution < 1.29 is 0 Å². The summed E-state index contributed by atoms with van der Waals surface area (Å²) in [5.41, 5.74) is 0.503. The molecule has 0 amide bonds.